The van der Waals surface area contributed by atoms with Crippen molar-refractivity contribution in [3.05, 3.63) is 23.5 Å². The summed E-state index contributed by atoms with van der Waals surface area (Å²) in [6.07, 6.45) is 0. The highest BCUT2D eigenvalue weighted by molar-refractivity contribution is 5.27. The number of pyridine rings is 1. The van der Waals surface area contributed by atoms with Crippen LogP contribution in [0, 0.1) is 6.92 Å². The van der Waals surface area contributed by atoms with E-state index in [1.807, 2.05) is 13.0 Å². The first-order valence-electron chi connectivity index (χ1n) is 5.76. The molecule has 0 aromatic carbocycles. The van der Waals surface area contributed by atoms with E-state index < -0.39 is 0 Å². The van der Waals surface area contributed by atoms with Crippen LogP contribution in [0.2, 0.25) is 0 Å². The fourth-order valence-corrected chi connectivity index (χ4v) is 2.09. The van der Waals surface area contributed by atoms with Crippen molar-refractivity contribution in [2.75, 3.05) is 19.6 Å². The minimum absolute atomic E-state index is 0.303. The Hall–Kier alpha value is -1.13. The van der Waals surface area contributed by atoms with E-state index in [0.717, 1.165) is 37.6 Å². The summed E-state index contributed by atoms with van der Waals surface area (Å²) in [5.74, 6) is 0.303. The van der Waals surface area contributed by atoms with E-state index in [0.29, 0.717) is 11.8 Å². The second-order valence-electron chi connectivity index (χ2n) is 4.51. The van der Waals surface area contributed by atoms with Crippen molar-refractivity contribution in [2.24, 2.45) is 0 Å². The Kier molecular flexibility index (Phi) is 3.41. The van der Waals surface area contributed by atoms with E-state index in [2.05, 4.69) is 22.1 Å². The molecule has 2 heterocycles. The van der Waals surface area contributed by atoms with E-state index in [1.165, 1.54) is 0 Å². The summed E-state index contributed by atoms with van der Waals surface area (Å²) in [6.45, 7) is 7.89. The average molecular weight is 221 g/mol. The van der Waals surface area contributed by atoms with Gasteiger partial charge in [-0.15, -0.1) is 0 Å². The number of nitrogens with one attached hydrogen (secondary N) is 1. The molecule has 0 radical (unpaired) electrons. The van der Waals surface area contributed by atoms with Crippen LogP contribution in [0.15, 0.2) is 12.1 Å². The molecule has 4 nitrogen and oxygen atoms in total. The maximum Gasteiger partial charge on any atom is 0.138 e. The summed E-state index contributed by atoms with van der Waals surface area (Å²) < 4.78 is 0. The van der Waals surface area contributed by atoms with E-state index in [-0.39, 0.29) is 0 Å². The second kappa shape index (κ2) is 4.80. The van der Waals surface area contributed by atoms with Gasteiger partial charge in [0.15, 0.2) is 0 Å². The molecule has 16 heavy (non-hydrogen) atoms. The fraction of sp³-hybridized carbons (Fsp3) is 0.583. The Bertz CT molecular complexity index is 367. The summed E-state index contributed by atoms with van der Waals surface area (Å²) in [5, 5.41) is 13.1. The first-order chi connectivity index (χ1) is 7.65. The van der Waals surface area contributed by atoms with Crippen LogP contribution in [0.1, 0.15) is 18.3 Å². The van der Waals surface area contributed by atoms with Crippen LogP contribution in [0.25, 0.3) is 0 Å². The smallest absolute Gasteiger partial charge is 0.138 e. The Morgan fingerprint density at radius 1 is 1.56 bits per heavy atom. The van der Waals surface area contributed by atoms with Gasteiger partial charge in [-0.1, -0.05) is 0 Å². The quantitative estimate of drug-likeness (QED) is 0.778. The lowest BCUT2D eigenvalue weighted by atomic mass is 10.2. The molecular formula is C12H19N3O. The lowest BCUT2D eigenvalue weighted by molar-refractivity contribution is 0.195. The average Bonchev–Trinajstić information content (AvgIpc) is 2.24. The molecule has 0 unspecified atom stereocenters. The van der Waals surface area contributed by atoms with E-state index in [1.54, 1.807) is 6.07 Å². The van der Waals surface area contributed by atoms with Crippen LogP contribution in [0.5, 0.6) is 5.75 Å². The van der Waals surface area contributed by atoms with Gasteiger partial charge in [-0.05, 0) is 26.0 Å². The van der Waals surface area contributed by atoms with Gasteiger partial charge in [0.1, 0.15) is 5.75 Å². The van der Waals surface area contributed by atoms with Crippen LogP contribution >= 0.6 is 0 Å². The second-order valence-corrected chi connectivity index (χ2v) is 4.51. The third kappa shape index (κ3) is 2.71. The zero-order valence-electron chi connectivity index (χ0n) is 9.90. The van der Waals surface area contributed by atoms with Crippen molar-refractivity contribution in [3.63, 3.8) is 0 Å². The maximum atomic E-state index is 9.73. The molecule has 1 saturated heterocycles. The topological polar surface area (TPSA) is 48.4 Å². The van der Waals surface area contributed by atoms with Gasteiger partial charge < -0.3 is 10.4 Å². The summed E-state index contributed by atoms with van der Waals surface area (Å²) in [4.78, 5) is 6.70. The highest BCUT2D eigenvalue weighted by Crippen LogP contribution is 2.17. The lowest BCUT2D eigenvalue weighted by Gasteiger charge is -2.31. The molecule has 0 bridgehead atoms. The molecular weight excluding hydrogens is 202 g/mol. The van der Waals surface area contributed by atoms with Gasteiger partial charge in [0.05, 0.1) is 5.69 Å². The summed E-state index contributed by atoms with van der Waals surface area (Å²) in [6, 6.07) is 4.07. The zero-order valence-corrected chi connectivity index (χ0v) is 9.90. The van der Waals surface area contributed by atoms with E-state index in [9.17, 15) is 5.11 Å². The van der Waals surface area contributed by atoms with Crippen LogP contribution in [0.3, 0.4) is 0 Å². The number of aryl methyl sites for hydroxylation is 1. The normalized spacial score (nSPS) is 22.2. The SMILES string of the molecule is Cc1ccc(O)c(CN2CCN[C@H](C)C2)n1. The van der Waals surface area contributed by atoms with Crippen molar-refractivity contribution in [3.8, 4) is 5.75 Å². The molecule has 1 atom stereocenters. The molecule has 1 aromatic rings. The number of aromatic hydroxyl groups is 1. The first-order valence-corrected chi connectivity index (χ1v) is 5.76. The Morgan fingerprint density at radius 2 is 2.38 bits per heavy atom. The minimum Gasteiger partial charge on any atom is -0.506 e. The lowest BCUT2D eigenvalue weighted by Crippen LogP contribution is -2.48. The Morgan fingerprint density at radius 3 is 3.12 bits per heavy atom. The van der Waals surface area contributed by atoms with Gasteiger partial charge in [-0.3, -0.25) is 9.88 Å². The van der Waals surface area contributed by atoms with Gasteiger partial charge in [0, 0.05) is 37.9 Å². The highest BCUT2D eigenvalue weighted by Gasteiger charge is 2.17. The molecule has 88 valence electrons. The minimum atomic E-state index is 0.303. The van der Waals surface area contributed by atoms with Gasteiger partial charge in [0.2, 0.25) is 0 Å². The molecule has 1 aliphatic heterocycles. The molecule has 0 saturated carbocycles. The van der Waals surface area contributed by atoms with Crippen molar-refractivity contribution in [1.29, 1.82) is 0 Å². The van der Waals surface area contributed by atoms with Crippen molar-refractivity contribution in [1.82, 2.24) is 15.2 Å². The van der Waals surface area contributed by atoms with Crippen molar-refractivity contribution in [2.45, 2.75) is 26.4 Å². The molecule has 1 fully saturated rings. The predicted octanol–water partition coefficient (Wildman–Crippen LogP) is 0.889. The monoisotopic (exact) mass is 221 g/mol. The number of hydrogen-bond acceptors (Lipinski definition) is 4. The zero-order chi connectivity index (χ0) is 11.5. The van der Waals surface area contributed by atoms with Gasteiger partial charge in [-0.25, -0.2) is 0 Å². The molecule has 2 N–H and O–H groups in total. The molecule has 1 aromatic heterocycles. The molecule has 0 aliphatic carbocycles. The van der Waals surface area contributed by atoms with E-state index >= 15 is 0 Å². The number of nitrogens with zero attached hydrogens (tertiary/aromatic N) is 2. The van der Waals surface area contributed by atoms with Gasteiger partial charge in [0.25, 0.3) is 0 Å². The van der Waals surface area contributed by atoms with Crippen LogP contribution in [-0.4, -0.2) is 40.7 Å². The summed E-state index contributed by atoms with van der Waals surface area (Å²) >= 11 is 0. The van der Waals surface area contributed by atoms with Gasteiger partial charge >= 0.3 is 0 Å². The number of rotatable bonds is 2. The Labute approximate surface area is 96.3 Å². The standard InChI is InChI=1S/C12H19N3O/c1-9-3-4-12(16)11(14-9)8-15-6-5-13-10(2)7-15/h3-4,10,13,16H,5-8H2,1-2H3/t10-/m1/s1. The molecule has 0 amide bonds. The molecule has 1 aliphatic rings. The van der Waals surface area contributed by atoms with Crippen LogP contribution < -0.4 is 5.32 Å². The molecule has 4 heteroatoms. The van der Waals surface area contributed by atoms with Crippen LogP contribution in [0.4, 0.5) is 0 Å². The maximum absolute atomic E-state index is 9.73. The molecule has 0 spiro atoms. The van der Waals surface area contributed by atoms with Crippen molar-refractivity contribution < 1.29 is 5.11 Å². The number of piperazine rings is 1. The first kappa shape index (κ1) is 11.4. The fourth-order valence-electron chi connectivity index (χ4n) is 2.09. The largest absolute Gasteiger partial charge is 0.506 e. The van der Waals surface area contributed by atoms with Crippen LogP contribution in [-0.2, 0) is 6.54 Å². The summed E-state index contributed by atoms with van der Waals surface area (Å²) in [5.41, 5.74) is 1.74. The van der Waals surface area contributed by atoms with E-state index in [4.69, 9.17) is 0 Å². The third-order valence-corrected chi connectivity index (χ3v) is 2.92. The van der Waals surface area contributed by atoms with Crippen molar-refractivity contribution >= 4 is 0 Å². The molecule has 2 rings (SSSR count). The number of aromatic nitrogens is 1. The predicted molar refractivity (Wildman–Crippen MR) is 63.4 cm³/mol. The Balaban J connectivity index is 2.05. The summed E-state index contributed by atoms with van der Waals surface area (Å²) in [7, 11) is 0. The third-order valence-electron chi connectivity index (χ3n) is 2.92. The van der Waals surface area contributed by atoms with Gasteiger partial charge in [-0.2, -0.15) is 0 Å². The number of hydrogen-bond donors (Lipinski definition) is 2. The highest BCUT2D eigenvalue weighted by atomic mass is 16.3.